The summed E-state index contributed by atoms with van der Waals surface area (Å²) in [5.41, 5.74) is 2.28. The van der Waals surface area contributed by atoms with E-state index in [-0.39, 0.29) is 11.8 Å². The smallest absolute Gasteiger partial charge is 0.0802 e. The van der Waals surface area contributed by atoms with Gasteiger partial charge in [0.1, 0.15) is 0 Å². The fourth-order valence-corrected chi connectivity index (χ4v) is 3.53. The Morgan fingerprint density at radius 1 is 0.654 bits per heavy atom. The first-order valence-electron chi connectivity index (χ1n) is 9.32. The quantitative estimate of drug-likeness (QED) is 0.763. The summed E-state index contributed by atoms with van der Waals surface area (Å²) in [7, 11) is 0. The average Bonchev–Trinajstić information content (AvgIpc) is 2.67. The molecule has 2 N–H and O–H groups in total. The molecule has 4 atom stereocenters. The van der Waals surface area contributed by atoms with Crippen LogP contribution >= 0.6 is 0 Å². The van der Waals surface area contributed by atoms with E-state index in [2.05, 4.69) is 0 Å². The fraction of sp³-hybridized carbons (Fsp3) is 0.455. The highest BCUT2D eigenvalue weighted by Gasteiger charge is 2.35. The molecule has 140 valence electrons. The van der Waals surface area contributed by atoms with Crippen molar-refractivity contribution >= 4 is 0 Å². The summed E-state index contributed by atoms with van der Waals surface area (Å²) >= 11 is 0. The molecule has 0 bridgehead atoms. The van der Waals surface area contributed by atoms with Gasteiger partial charge >= 0.3 is 0 Å². The minimum atomic E-state index is -0.675. The number of hydrogen-bond acceptors (Lipinski definition) is 4. The van der Waals surface area contributed by atoms with Crippen LogP contribution in [0.3, 0.4) is 0 Å². The van der Waals surface area contributed by atoms with E-state index in [4.69, 9.17) is 9.47 Å². The standard InChI is InChI=1S/C22H28O4/c23-21-11-19(15-25-13-17-7-3-1-4-8-17)20(12-22(21)24)16-26-14-18-9-5-2-6-10-18/h1-10,19-24H,11-16H2/t19-,20+,21?,22?. The Kier molecular flexibility index (Phi) is 7.21. The van der Waals surface area contributed by atoms with Crippen LogP contribution in [0.2, 0.25) is 0 Å². The zero-order chi connectivity index (χ0) is 18.2. The van der Waals surface area contributed by atoms with E-state index in [1.54, 1.807) is 0 Å². The van der Waals surface area contributed by atoms with Crippen LogP contribution in [0, 0.1) is 11.8 Å². The Bertz CT molecular complexity index is 574. The van der Waals surface area contributed by atoms with Crippen LogP contribution in [-0.4, -0.2) is 35.6 Å². The van der Waals surface area contributed by atoms with Gasteiger partial charge in [0.25, 0.3) is 0 Å². The number of hydrogen-bond donors (Lipinski definition) is 2. The summed E-state index contributed by atoms with van der Waals surface area (Å²) < 4.78 is 11.8. The van der Waals surface area contributed by atoms with E-state index in [9.17, 15) is 10.2 Å². The van der Waals surface area contributed by atoms with Gasteiger partial charge in [-0.15, -0.1) is 0 Å². The minimum Gasteiger partial charge on any atom is -0.390 e. The first-order chi connectivity index (χ1) is 12.7. The highest BCUT2D eigenvalue weighted by Crippen LogP contribution is 2.31. The van der Waals surface area contributed by atoms with Gasteiger partial charge in [0.15, 0.2) is 0 Å². The lowest BCUT2D eigenvalue weighted by molar-refractivity contribution is -0.0849. The number of aliphatic hydroxyl groups is 2. The molecule has 1 saturated carbocycles. The molecule has 2 aromatic rings. The van der Waals surface area contributed by atoms with Crippen LogP contribution in [-0.2, 0) is 22.7 Å². The lowest BCUT2D eigenvalue weighted by Crippen LogP contribution is -2.42. The molecule has 0 saturated heterocycles. The van der Waals surface area contributed by atoms with Gasteiger partial charge in [0.05, 0.1) is 38.6 Å². The van der Waals surface area contributed by atoms with E-state index in [0.29, 0.717) is 39.3 Å². The predicted molar refractivity (Wildman–Crippen MR) is 100 cm³/mol. The zero-order valence-electron chi connectivity index (χ0n) is 15.0. The van der Waals surface area contributed by atoms with Gasteiger partial charge in [0, 0.05) is 0 Å². The topological polar surface area (TPSA) is 58.9 Å². The maximum Gasteiger partial charge on any atom is 0.0802 e. The van der Waals surface area contributed by atoms with Crippen LogP contribution in [0.25, 0.3) is 0 Å². The van der Waals surface area contributed by atoms with Crippen LogP contribution in [0.4, 0.5) is 0 Å². The zero-order valence-corrected chi connectivity index (χ0v) is 15.0. The SMILES string of the molecule is OC1C[C@@H](COCc2ccccc2)[C@@H](COCc2ccccc2)CC1O. The summed E-state index contributed by atoms with van der Waals surface area (Å²) in [5.74, 6) is 0.376. The maximum atomic E-state index is 10.0. The van der Waals surface area contributed by atoms with Gasteiger partial charge in [-0.3, -0.25) is 0 Å². The Morgan fingerprint density at radius 3 is 1.42 bits per heavy atom. The average molecular weight is 356 g/mol. The molecule has 4 heteroatoms. The van der Waals surface area contributed by atoms with Crippen molar-refractivity contribution in [3.05, 3.63) is 71.8 Å². The second-order valence-corrected chi connectivity index (χ2v) is 7.13. The van der Waals surface area contributed by atoms with Crippen LogP contribution in [0.15, 0.2) is 60.7 Å². The van der Waals surface area contributed by atoms with Gasteiger partial charge in [0.2, 0.25) is 0 Å². The molecular formula is C22H28O4. The van der Waals surface area contributed by atoms with Gasteiger partial charge in [-0.1, -0.05) is 60.7 Å². The molecule has 3 rings (SSSR count). The molecule has 0 heterocycles. The van der Waals surface area contributed by atoms with Crippen LogP contribution in [0.1, 0.15) is 24.0 Å². The normalized spacial score (nSPS) is 25.9. The molecule has 1 aliphatic rings. The largest absolute Gasteiger partial charge is 0.390 e. The predicted octanol–water partition coefficient (Wildman–Crippen LogP) is 3.17. The number of benzene rings is 2. The molecule has 0 aromatic heterocycles. The van der Waals surface area contributed by atoms with E-state index < -0.39 is 12.2 Å². The summed E-state index contributed by atoms with van der Waals surface area (Å²) in [6, 6.07) is 20.1. The second-order valence-electron chi connectivity index (χ2n) is 7.13. The summed E-state index contributed by atoms with van der Waals surface area (Å²) in [4.78, 5) is 0. The molecule has 0 amide bonds. The lowest BCUT2D eigenvalue weighted by atomic mass is 9.77. The summed E-state index contributed by atoms with van der Waals surface area (Å²) in [6.07, 6.45) is -0.249. The minimum absolute atomic E-state index is 0.188. The second kappa shape index (κ2) is 9.83. The van der Waals surface area contributed by atoms with Gasteiger partial charge in [-0.05, 0) is 35.8 Å². The van der Waals surface area contributed by atoms with Crippen molar-refractivity contribution in [1.29, 1.82) is 0 Å². The van der Waals surface area contributed by atoms with Gasteiger partial charge in [-0.2, -0.15) is 0 Å². The van der Waals surface area contributed by atoms with E-state index in [0.717, 1.165) is 11.1 Å². The Labute approximate surface area is 155 Å². The lowest BCUT2D eigenvalue weighted by Gasteiger charge is -2.37. The molecule has 0 radical (unpaired) electrons. The Hall–Kier alpha value is -1.72. The third-order valence-electron chi connectivity index (χ3n) is 5.09. The van der Waals surface area contributed by atoms with E-state index >= 15 is 0 Å². The third-order valence-corrected chi connectivity index (χ3v) is 5.09. The molecular weight excluding hydrogens is 328 g/mol. The van der Waals surface area contributed by atoms with Crippen molar-refractivity contribution in [3.8, 4) is 0 Å². The molecule has 4 nitrogen and oxygen atoms in total. The van der Waals surface area contributed by atoms with Crippen LogP contribution in [0.5, 0.6) is 0 Å². The van der Waals surface area contributed by atoms with Crippen molar-refractivity contribution in [2.75, 3.05) is 13.2 Å². The fourth-order valence-electron chi connectivity index (χ4n) is 3.53. The Balaban J connectivity index is 1.49. The molecule has 0 spiro atoms. The highest BCUT2D eigenvalue weighted by molar-refractivity contribution is 5.14. The molecule has 0 aliphatic heterocycles. The van der Waals surface area contributed by atoms with Gasteiger partial charge < -0.3 is 19.7 Å². The van der Waals surface area contributed by atoms with E-state index in [1.807, 2.05) is 60.7 Å². The van der Waals surface area contributed by atoms with Crippen molar-refractivity contribution in [3.63, 3.8) is 0 Å². The number of aliphatic hydroxyl groups excluding tert-OH is 2. The highest BCUT2D eigenvalue weighted by atomic mass is 16.5. The summed E-state index contributed by atoms with van der Waals surface area (Å²) in [6.45, 7) is 2.26. The maximum absolute atomic E-state index is 10.0. The van der Waals surface area contributed by atoms with Crippen molar-refractivity contribution < 1.29 is 19.7 Å². The van der Waals surface area contributed by atoms with E-state index in [1.165, 1.54) is 0 Å². The number of rotatable bonds is 8. The third kappa shape index (κ3) is 5.64. The molecule has 1 aliphatic carbocycles. The summed E-state index contributed by atoms with van der Waals surface area (Å²) in [5, 5.41) is 20.1. The number of ether oxygens (including phenoxy) is 2. The first-order valence-corrected chi connectivity index (χ1v) is 9.32. The van der Waals surface area contributed by atoms with Crippen molar-refractivity contribution in [2.45, 2.75) is 38.3 Å². The molecule has 1 fully saturated rings. The van der Waals surface area contributed by atoms with Crippen LogP contribution < -0.4 is 0 Å². The monoisotopic (exact) mass is 356 g/mol. The Morgan fingerprint density at radius 2 is 1.04 bits per heavy atom. The van der Waals surface area contributed by atoms with Gasteiger partial charge in [-0.25, -0.2) is 0 Å². The molecule has 26 heavy (non-hydrogen) atoms. The van der Waals surface area contributed by atoms with Crippen molar-refractivity contribution in [1.82, 2.24) is 0 Å². The van der Waals surface area contributed by atoms with Crippen molar-refractivity contribution in [2.24, 2.45) is 11.8 Å². The first kappa shape index (κ1) is 19.1. The molecule has 2 unspecified atom stereocenters. The molecule has 2 aromatic carbocycles.